The highest BCUT2D eigenvalue weighted by Gasteiger charge is 2.14. The Kier molecular flexibility index (Phi) is 4.42. The third-order valence-electron chi connectivity index (χ3n) is 2.86. The molecule has 3 aromatic rings. The van der Waals surface area contributed by atoms with Gasteiger partial charge in [0.05, 0.1) is 12.0 Å². The highest BCUT2D eigenvalue weighted by atomic mass is 32.2. The van der Waals surface area contributed by atoms with Crippen LogP contribution in [0, 0.1) is 0 Å². The normalized spacial score (nSPS) is 11.0. The van der Waals surface area contributed by atoms with Crippen molar-refractivity contribution in [3.63, 3.8) is 0 Å². The largest absolute Gasteiger partial charge is 0.461 e. The maximum Gasteiger partial charge on any atom is 0.258 e. The molecule has 0 atom stereocenters. The Hall–Kier alpha value is -2.62. The van der Waals surface area contributed by atoms with Crippen LogP contribution in [0.1, 0.15) is 13.3 Å². The van der Waals surface area contributed by atoms with Gasteiger partial charge in [-0.25, -0.2) is 0 Å². The number of nitrogens with one attached hydrogen (secondary N) is 1. The summed E-state index contributed by atoms with van der Waals surface area (Å²) < 4.78 is 6.58. The summed E-state index contributed by atoms with van der Waals surface area (Å²) in [6, 6.07) is 3.48. The molecule has 0 saturated heterocycles. The first-order chi connectivity index (χ1) is 11.2. The van der Waals surface area contributed by atoms with Crippen molar-refractivity contribution in [1.29, 1.82) is 0 Å². The first-order valence-electron chi connectivity index (χ1n) is 7.01. The van der Waals surface area contributed by atoms with Crippen LogP contribution in [0.2, 0.25) is 0 Å². The van der Waals surface area contributed by atoms with E-state index >= 15 is 0 Å². The minimum atomic E-state index is -0.0726. The molecule has 23 heavy (non-hydrogen) atoms. The average Bonchev–Trinajstić information content (AvgIpc) is 3.19. The molecule has 9 nitrogen and oxygen atoms in total. The van der Waals surface area contributed by atoms with Gasteiger partial charge in [-0.1, -0.05) is 18.7 Å². The second-order valence-electron chi connectivity index (χ2n) is 4.63. The highest BCUT2D eigenvalue weighted by molar-refractivity contribution is 7.99. The molecule has 0 radical (unpaired) electrons. The molecular weight excluding hydrogens is 318 g/mol. The Morgan fingerprint density at radius 1 is 1.43 bits per heavy atom. The molecule has 0 aromatic carbocycles. The molecule has 0 aliphatic heterocycles. The van der Waals surface area contributed by atoms with Crippen LogP contribution in [-0.2, 0) is 4.79 Å². The lowest BCUT2D eigenvalue weighted by molar-refractivity contribution is -0.118. The molecule has 120 valence electrons. The van der Waals surface area contributed by atoms with E-state index in [1.54, 1.807) is 12.1 Å². The Labute approximate surface area is 135 Å². The summed E-state index contributed by atoms with van der Waals surface area (Å²) in [5.41, 5.74) is 5.88. The van der Waals surface area contributed by atoms with Crippen molar-refractivity contribution in [3.05, 3.63) is 18.4 Å². The van der Waals surface area contributed by atoms with E-state index in [0.717, 1.165) is 6.42 Å². The van der Waals surface area contributed by atoms with E-state index in [4.69, 9.17) is 10.2 Å². The Bertz CT molecular complexity index is 815. The van der Waals surface area contributed by atoms with Crippen LogP contribution in [0.4, 0.5) is 5.95 Å². The predicted octanol–water partition coefficient (Wildman–Crippen LogP) is 0.980. The summed E-state index contributed by atoms with van der Waals surface area (Å²) in [6.45, 7) is 2.64. The first kappa shape index (κ1) is 15.3. The molecule has 0 fully saturated rings. The highest BCUT2D eigenvalue weighted by Crippen LogP contribution is 2.19. The molecule has 1 amide bonds. The molecule has 0 saturated carbocycles. The SMILES string of the molecule is CCCNC(=O)CSc1nc(N)n2nc(-c3ccco3)nc2n1. The summed E-state index contributed by atoms with van der Waals surface area (Å²) in [4.78, 5) is 24.3. The lowest BCUT2D eigenvalue weighted by Gasteiger charge is -2.03. The summed E-state index contributed by atoms with van der Waals surface area (Å²) in [5, 5.41) is 7.36. The van der Waals surface area contributed by atoms with Gasteiger partial charge in [0, 0.05) is 6.54 Å². The second kappa shape index (κ2) is 6.65. The van der Waals surface area contributed by atoms with Crippen molar-refractivity contribution in [2.75, 3.05) is 18.0 Å². The Balaban J connectivity index is 1.79. The van der Waals surface area contributed by atoms with Crippen molar-refractivity contribution in [3.8, 4) is 11.6 Å². The van der Waals surface area contributed by atoms with Crippen molar-refractivity contribution in [2.24, 2.45) is 0 Å². The molecule has 3 heterocycles. The molecule has 10 heteroatoms. The lowest BCUT2D eigenvalue weighted by Crippen LogP contribution is -2.25. The van der Waals surface area contributed by atoms with Gasteiger partial charge in [0.15, 0.2) is 10.9 Å². The number of hydrogen-bond donors (Lipinski definition) is 2. The van der Waals surface area contributed by atoms with Crippen LogP contribution in [0.25, 0.3) is 17.4 Å². The minimum absolute atomic E-state index is 0.0726. The van der Waals surface area contributed by atoms with E-state index in [1.165, 1.54) is 22.5 Å². The van der Waals surface area contributed by atoms with Crippen LogP contribution >= 0.6 is 11.8 Å². The number of nitrogens with zero attached hydrogens (tertiary/aromatic N) is 5. The van der Waals surface area contributed by atoms with Crippen LogP contribution in [0.3, 0.4) is 0 Å². The van der Waals surface area contributed by atoms with E-state index in [9.17, 15) is 4.79 Å². The fraction of sp³-hybridized carbons (Fsp3) is 0.308. The molecule has 0 aliphatic rings. The first-order valence-corrected chi connectivity index (χ1v) is 7.99. The van der Waals surface area contributed by atoms with Gasteiger partial charge in [-0.15, -0.1) is 5.10 Å². The number of carbonyl (C=O) groups is 1. The number of anilines is 1. The van der Waals surface area contributed by atoms with Crippen LogP contribution < -0.4 is 11.1 Å². The van der Waals surface area contributed by atoms with Crippen molar-refractivity contribution < 1.29 is 9.21 Å². The number of amides is 1. The summed E-state index contributed by atoms with van der Waals surface area (Å²) in [7, 11) is 0. The lowest BCUT2D eigenvalue weighted by atomic mass is 10.4. The molecule has 0 aliphatic carbocycles. The number of carbonyl (C=O) groups excluding carboxylic acids is 1. The maximum atomic E-state index is 11.6. The number of furan rings is 1. The van der Waals surface area contributed by atoms with Crippen LogP contribution in [0.5, 0.6) is 0 Å². The molecule has 3 N–H and O–H groups in total. The fourth-order valence-corrected chi connectivity index (χ4v) is 2.47. The van der Waals surface area contributed by atoms with E-state index in [2.05, 4.69) is 25.4 Å². The van der Waals surface area contributed by atoms with Gasteiger partial charge < -0.3 is 15.5 Å². The van der Waals surface area contributed by atoms with Gasteiger partial charge in [-0.3, -0.25) is 4.79 Å². The number of rotatable bonds is 6. The topological polar surface area (TPSA) is 124 Å². The van der Waals surface area contributed by atoms with Crippen molar-refractivity contribution in [2.45, 2.75) is 18.5 Å². The number of hydrogen-bond acceptors (Lipinski definition) is 8. The quantitative estimate of drug-likeness (QED) is 0.640. The van der Waals surface area contributed by atoms with Gasteiger partial charge in [0.25, 0.3) is 5.78 Å². The van der Waals surface area contributed by atoms with Crippen molar-refractivity contribution in [1.82, 2.24) is 29.9 Å². The number of fused-ring (bicyclic) bond motifs is 1. The number of aromatic nitrogens is 5. The molecular formula is C13H15N7O2S. The molecule has 0 spiro atoms. The van der Waals surface area contributed by atoms with Crippen molar-refractivity contribution >= 4 is 29.4 Å². The smallest absolute Gasteiger partial charge is 0.258 e. The third kappa shape index (κ3) is 3.42. The summed E-state index contributed by atoms with van der Waals surface area (Å²) >= 11 is 1.20. The molecule has 0 bridgehead atoms. The number of nitrogens with two attached hydrogens (primary N) is 1. The Morgan fingerprint density at radius 3 is 3.04 bits per heavy atom. The number of nitrogen functional groups attached to an aromatic ring is 1. The summed E-state index contributed by atoms with van der Waals surface area (Å²) in [6.07, 6.45) is 2.42. The second-order valence-corrected chi connectivity index (χ2v) is 5.57. The minimum Gasteiger partial charge on any atom is -0.461 e. The van der Waals surface area contributed by atoms with Gasteiger partial charge in [0.2, 0.25) is 17.7 Å². The monoisotopic (exact) mass is 333 g/mol. The summed E-state index contributed by atoms with van der Waals surface area (Å²) in [5.74, 6) is 1.49. The average molecular weight is 333 g/mol. The zero-order valence-corrected chi connectivity index (χ0v) is 13.2. The van der Waals surface area contributed by atoms with Gasteiger partial charge in [-0.2, -0.15) is 19.5 Å². The van der Waals surface area contributed by atoms with E-state index < -0.39 is 0 Å². The van der Waals surface area contributed by atoms with Gasteiger partial charge in [0.1, 0.15) is 0 Å². The molecule has 3 aromatic heterocycles. The predicted molar refractivity (Wildman–Crippen MR) is 84.7 cm³/mol. The fourth-order valence-electron chi connectivity index (χ4n) is 1.81. The standard InChI is InChI=1S/C13H15N7O2S/c1-2-5-15-9(21)7-23-13-17-11(14)20-12(18-13)16-10(19-20)8-4-3-6-22-8/h3-4,6H,2,5,7H2,1H3,(H,15,21)(H2,14,16,17,18,19). The van der Waals surface area contributed by atoms with Crippen LogP contribution in [-0.4, -0.2) is 42.8 Å². The van der Waals surface area contributed by atoms with E-state index in [1.807, 2.05) is 6.92 Å². The molecule has 3 rings (SSSR count). The zero-order chi connectivity index (χ0) is 16.2. The van der Waals surface area contributed by atoms with Crippen LogP contribution in [0.15, 0.2) is 28.0 Å². The van der Waals surface area contributed by atoms with E-state index in [-0.39, 0.29) is 17.6 Å². The van der Waals surface area contributed by atoms with E-state index in [0.29, 0.717) is 29.1 Å². The zero-order valence-electron chi connectivity index (χ0n) is 12.4. The third-order valence-corrected chi connectivity index (χ3v) is 3.71. The Morgan fingerprint density at radius 2 is 2.30 bits per heavy atom. The maximum absolute atomic E-state index is 11.6. The molecule has 0 unspecified atom stereocenters. The number of thioether (sulfide) groups is 1. The van der Waals surface area contributed by atoms with Gasteiger partial charge in [-0.05, 0) is 18.6 Å². The van der Waals surface area contributed by atoms with Gasteiger partial charge >= 0.3 is 0 Å².